The number of fused-ring (bicyclic) bond motifs is 1. The molecule has 2 aliphatic rings. The molecule has 30 heavy (non-hydrogen) atoms. The number of aromatic amines is 1. The van der Waals surface area contributed by atoms with E-state index in [2.05, 4.69) is 26.1 Å². The molecular formula is C21H25N5O3S. The molecule has 2 heterocycles. The summed E-state index contributed by atoms with van der Waals surface area (Å²) in [5.74, 6) is 0.637. The normalized spacial score (nSPS) is 19.3. The van der Waals surface area contributed by atoms with Crippen molar-refractivity contribution in [2.45, 2.75) is 51.0 Å². The van der Waals surface area contributed by atoms with Crippen LogP contribution in [0.15, 0.2) is 24.4 Å². The number of hydrogen-bond acceptors (Lipinski definition) is 5. The number of unbranched alkanes of at least 4 members (excludes halogenated alkanes) is 1. The van der Waals surface area contributed by atoms with Gasteiger partial charge in [0, 0.05) is 30.0 Å². The van der Waals surface area contributed by atoms with Crippen molar-refractivity contribution in [1.82, 2.24) is 14.7 Å². The SMILES string of the molecule is N#CCCCS(=O)(=O)NC1CC=C(c2cc(NC(=O)C3CC3)nc3[nH]ccc23)CC1. The van der Waals surface area contributed by atoms with Crippen LogP contribution >= 0.6 is 0 Å². The molecule has 0 saturated heterocycles. The highest BCUT2D eigenvalue weighted by Gasteiger charge is 2.30. The quantitative estimate of drug-likeness (QED) is 0.558. The van der Waals surface area contributed by atoms with E-state index >= 15 is 0 Å². The third kappa shape index (κ3) is 4.89. The van der Waals surface area contributed by atoms with Crippen molar-refractivity contribution in [3.8, 4) is 6.07 Å². The van der Waals surface area contributed by atoms with E-state index < -0.39 is 10.0 Å². The van der Waals surface area contributed by atoms with Gasteiger partial charge < -0.3 is 10.3 Å². The minimum atomic E-state index is -3.38. The van der Waals surface area contributed by atoms with Gasteiger partial charge in [-0.15, -0.1) is 0 Å². The van der Waals surface area contributed by atoms with E-state index in [1.807, 2.05) is 24.4 Å². The summed E-state index contributed by atoms with van der Waals surface area (Å²) >= 11 is 0. The number of pyridine rings is 1. The zero-order chi connectivity index (χ0) is 21.1. The van der Waals surface area contributed by atoms with Crippen LogP contribution < -0.4 is 10.0 Å². The number of carbonyl (C=O) groups excluding carboxylic acids is 1. The number of anilines is 1. The number of H-pyrrole nitrogens is 1. The number of nitrogens with zero attached hydrogens (tertiary/aromatic N) is 2. The lowest BCUT2D eigenvalue weighted by molar-refractivity contribution is -0.117. The molecular weight excluding hydrogens is 402 g/mol. The molecule has 0 aromatic carbocycles. The summed E-state index contributed by atoms with van der Waals surface area (Å²) in [6.07, 6.45) is 8.37. The molecule has 2 aliphatic carbocycles. The zero-order valence-electron chi connectivity index (χ0n) is 16.6. The fourth-order valence-electron chi connectivity index (χ4n) is 3.78. The second-order valence-corrected chi connectivity index (χ2v) is 9.83. The molecule has 2 aromatic rings. The van der Waals surface area contributed by atoms with Crippen molar-refractivity contribution in [1.29, 1.82) is 5.26 Å². The Kier molecular flexibility index (Phi) is 5.88. The van der Waals surface area contributed by atoms with Crippen LogP contribution in [0.2, 0.25) is 0 Å². The molecule has 0 spiro atoms. The van der Waals surface area contributed by atoms with Crippen LogP contribution in [0.3, 0.4) is 0 Å². The summed E-state index contributed by atoms with van der Waals surface area (Å²) in [6.45, 7) is 0. The summed E-state index contributed by atoms with van der Waals surface area (Å²) in [6, 6.07) is 5.71. The number of allylic oxidation sites excluding steroid dienone is 1. The predicted molar refractivity (Wildman–Crippen MR) is 115 cm³/mol. The number of rotatable bonds is 8. The van der Waals surface area contributed by atoms with Gasteiger partial charge in [-0.25, -0.2) is 18.1 Å². The molecule has 1 saturated carbocycles. The Labute approximate surface area is 175 Å². The van der Waals surface area contributed by atoms with Crippen LogP contribution in [0, 0.1) is 17.2 Å². The first kappa shape index (κ1) is 20.6. The van der Waals surface area contributed by atoms with Gasteiger partial charge in [0.2, 0.25) is 15.9 Å². The van der Waals surface area contributed by atoms with Crippen molar-refractivity contribution in [3.63, 3.8) is 0 Å². The number of carbonyl (C=O) groups is 1. The Morgan fingerprint density at radius 3 is 2.87 bits per heavy atom. The first-order valence-electron chi connectivity index (χ1n) is 10.3. The molecule has 8 nitrogen and oxygen atoms in total. The fraction of sp³-hybridized carbons (Fsp3) is 0.476. The Morgan fingerprint density at radius 2 is 2.17 bits per heavy atom. The van der Waals surface area contributed by atoms with Gasteiger partial charge in [0.1, 0.15) is 11.5 Å². The summed E-state index contributed by atoms with van der Waals surface area (Å²) in [5.41, 5.74) is 2.87. The first-order valence-corrected chi connectivity index (χ1v) is 12.0. The molecule has 1 amide bonds. The summed E-state index contributed by atoms with van der Waals surface area (Å²) in [4.78, 5) is 19.8. The van der Waals surface area contributed by atoms with Crippen molar-refractivity contribution < 1.29 is 13.2 Å². The number of hydrogen-bond donors (Lipinski definition) is 3. The summed E-state index contributed by atoms with van der Waals surface area (Å²) in [7, 11) is -3.38. The highest BCUT2D eigenvalue weighted by molar-refractivity contribution is 7.89. The fourth-order valence-corrected chi connectivity index (χ4v) is 5.15. The Bertz CT molecular complexity index is 1130. The maximum Gasteiger partial charge on any atom is 0.228 e. The Hall–Kier alpha value is -2.70. The number of nitrogens with one attached hydrogen (secondary N) is 3. The lowest BCUT2D eigenvalue weighted by Gasteiger charge is -2.23. The third-order valence-corrected chi connectivity index (χ3v) is 7.05. The molecule has 3 N–H and O–H groups in total. The number of nitriles is 1. The molecule has 1 fully saturated rings. The highest BCUT2D eigenvalue weighted by Crippen LogP contribution is 2.34. The molecule has 4 rings (SSSR count). The van der Waals surface area contributed by atoms with Crippen LogP contribution in [0.5, 0.6) is 0 Å². The topological polar surface area (TPSA) is 128 Å². The van der Waals surface area contributed by atoms with E-state index in [9.17, 15) is 13.2 Å². The van der Waals surface area contributed by atoms with E-state index in [1.54, 1.807) is 0 Å². The van der Waals surface area contributed by atoms with Gasteiger partial charge >= 0.3 is 0 Å². The second kappa shape index (κ2) is 8.58. The number of amides is 1. The average molecular weight is 428 g/mol. The van der Waals surface area contributed by atoms with E-state index in [1.165, 1.54) is 0 Å². The van der Waals surface area contributed by atoms with Crippen LogP contribution in [0.25, 0.3) is 16.6 Å². The van der Waals surface area contributed by atoms with Gasteiger partial charge in [0.15, 0.2) is 0 Å². The standard InChI is InChI=1S/C21H25N5O3S/c22-10-1-2-12-30(28,29)26-16-7-5-14(6-8-16)18-13-19(25-21(27)15-3-4-15)24-20-17(18)9-11-23-20/h5,9,11,13,15-16,26H,1-4,6-8,12H2,(H2,23,24,25,27). The molecule has 1 unspecified atom stereocenters. The minimum absolute atomic E-state index is 0.0165. The first-order chi connectivity index (χ1) is 14.4. The van der Waals surface area contributed by atoms with Crippen LogP contribution in [0.1, 0.15) is 50.5 Å². The van der Waals surface area contributed by atoms with Crippen molar-refractivity contribution in [2.75, 3.05) is 11.1 Å². The molecule has 158 valence electrons. The lowest BCUT2D eigenvalue weighted by Crippen LogP contribution is -2.37. The molecule has 2 aromatic heterocycles. The van der Waals surface area contributed by atoms with Crippen molar-refractivity contribution >= 4 is 38.4 Å². The highest BCUT2D eigenvalue weighted by atomic mass is 32.2. The van der Waals surface area contributed by atoms with Crippen LogP contribution in [0.4, 0.5) is 5.82 Å². The van der Waals surface area contributed by atoms with E-state index in [0.717, 1.165) is 41.4 Å². The van der Waals surface area contributed by atoms with E-state index in [-0.39, 0.29) is 30.0 Å². The molecule has 9 heteroatoms. The molecule has 0 bridgehead atoms. The summed E-state index contributed by atoms with van der Waals surface area (Å²) in [5, 5.41) is 12.5. The smallest absolute Gasteiger partial charge is 0.228 e. The monoisotopic (exact) mass is 427 g/mol. The molecule has 1 atom stereocenters. The van der Waals surface area contributed by atoms with Gasteiger partial charge in [0.05, 0.1) is 11.8 Å². The largest absolute Gasteiger partial charge is 0.346 e. The maximum atomic E-state index is 12.2. The van der Waals surface area contributed by atoms with Gasteiger partial charge in [-0.1, -0.05) is 6.08 Å². The van der Waals surface area contributed by atoms with Gasteiger partial charge in [-0.05, 0) is 61.8 Å². The van der Waals surface area contributed by atoms with E-state index in [0.29, 0.717) is 25.1 Å². The van der Waals surface area contributed by atoms with Crippen molar-refractivity contribution in [3.05, 3.63) is 30.0 Å². The third-order valence-electron chi connectivity index (χ3n) is 5.53. The zero-order valence-corrected chi connectivity index (χ0v) is 17.5. The second-order valence-electron chi connectivity index (χ2n) is 7.96. The van der Waals surface area contributed by atoms with Crippen LogP contribution in [-0.4, -0.2) is 36.1 Å². The van der Waals surface area contributed by atoms with Gasteiger partial charge in [0.25, 0.3) is 0 Å². The van der Waals surface area contributed by atoms with E-state index in [4.69, 9.17) is 5.26 Å². The summed E-state index contributed by atoms with van der Waals surface area (Å²) < 4.78 is 27.1. The molecule has 0 aliphatic heterocycles. The number of sulfonamides is 1. The lowest BCUT2D eigenvalue weighted by atomic mass is 9.90. The Morgan fingerprint density at radius 1 is 1.33 bits per heavy atom. The Balaban J connectivity index is 1.48. The van der Waals surface area contributed by atoms with Crippen molar-refractivity contribution in [2.24, 2.45) is 5.92 Å². The number of aromatic nitrogens is 2. The minimum Gasteiger partial charge on any atom is -0.346 e. The van der Waals surface area contributed by atoms with Gasteiger partial charge in [-0.3, -0.25) is 4.79 Å². The maximum absolute atomic E-state index is 12.2. The average Bonchev–Trinajstić information content (AvgIpc) is 3.46. The van der Waals surface area contributed by atoms with Gasteiger partial charge in [-0.2, -0.15) is 5.26 Å². The predicted octanol–water partition coefficient (Wildman–Crippen LogP) is 3.07. The van der Waals surface area contributed by atoms with Crippen LogP contribution in [-0.2, 0) is 14.8 Å². The molecule has 0 radical (unpaired) electrons.